The molecule has 6 nitrogen and oxygen atoms in total. The molecule has 3 aliphatic rings. The molecule has 2 N–H and O–H groups in total. The van der Waals surface area contributed by atoms with Crippen LogP contribution in [0.25, 0.3) is 0 Å². The highest BCUT2D eigenvalue weighted by atomic mass is 16.3. The summed E-state index contributed by atoms with van der Waals surface area (Å²) in [6.45, 7) is 0.726. The number of carbonyl (C=O) groups is 1. The number of rotatable bonds is 4. The van der Waals surface area contributed by atoms with Crippen molar-refractivity contribution in [1.82, 2.24) is 20.3 Å². The fourth-order valence-electron chi connectivity index (χ4n) is 3.65. The van der Waals surface area contributed by atoms with Crippen LogP contribution in [0, 0.1) is 23.7 Å². The lowest BCUT2D eigenvalue weighted by molar-refractivity contribution is -0.116. The molecule has 0 spiro atoms. The minimum Gasteiger partial charge on any atom is -0.383 e. The van der Waals surface area contributed by atoms with Gasteiger partial charge < -0.3 is 10.4 Å². The topological polar surface area (TPSA) is 80.0 Å². The number of amides is 1. The second kappa shape index (κ2) is 6.21. The molecule has 6 heteroatoms. The largest absolute Gasteiger partial charge is 0.383 e. The summed E-state index contributed by atoms with van der Waals surface area (Å²) in [7, 11) is 0. The van der Waals surface area contributed by atoms with Crippen LogP contribution in [0.3, 0.4) is 0 Å². The van der Waals surface area contributed by atoms with Gasteiger partial charge >= 0.3 is 0 Å². The van der Waals surface area contributed by atoms with Gasteiger partial charge in [-0.05, 0) is 56.8 Å². The van der Waals surface area contributed by atoms with E-state index >= 15 is 0 Å². The summed E-state index contributed by atoms with van der Waals surface area (Å²) < 4.78 is 1.82. The first-order valence-electron chi connectivity index (χ1n) is 9.07. The summed E-state index contributed by atoms with van der Waals surface area (Å²) in [5, 5.41) is 21.7. The number of hydrogen-bond donors (Lipinski definition) is 2. The average Bonchev–Trinajstić information content (AvgIpc) is 3.09. The van der Waals surface area contributed by atoms with E-state index in [0.717, 1.165) is 57.9 Å². The molecule has 0 unspecified atom stereocenters. The van der Waals surface area contributed by atoms with E-state index in [0.29, 0.717) is 17.5 Å². The van der Waals surface area contributed by atoms with E-state index in [1.807, 2.05) is 10.9 Å². The molecular formula is C18H24N4O2. The van der Waals surface area contributed by atoms with Gasteiger partial charge in [-0.15, -0.1) is 5.10 Å². The monoisotopic (exact) mass is 328 g/mol. The molecule has 3 fully saturated rings. The zero-order chi connectivity index (χ0) is 16.6. The first-order valence-corrected chi connectivity index (χ1v) is 9.07. The zero-order valence-corrected chi connectivity index (χ0v) is 13.9. The van der Waals surface area contributed by atoms with Crippen molar-refractivity contribution in [2.24, 2.45) is 11.8 Å². The standard InChI is InChI=1S/C18H24N4O2/c23-17(8-7-13-5-6-13)19-15-4-1-3-14(15)11-22-12-16(20-21-22)18(24)9-2-10-18/h12-15,24H,1-6,9-11H2,(H,19,23)/t14-,15-/m0/s1. The summed E-state index contributed by atoms with van der Waals surface area (Å²) in [5.41, 5.74) is -0.0810. The summed E-state index contributed by atoms with van der Waals surface area (Å²) in [5.74, 6) is 6.38. The van der Waals surface area contributed by atoms with Crippen molar-refractivity contribution in [1.29, 1.82) is 0 Å². The van der Waals surface area contributed by atoms with Crippen molar-refractivity contribution in [3.8, 4) is 11.8 Å². The highest BCUT2D eigenvalue weighted by Gasteiger charge is 2.39. The lowest BCUT2D eigenvalue weighted by atomic mass is 9.78. The van der Waals surface area contributed by atoms with Gasteiger partial charge in [0.25, 0.3) is 5.91 Å². The van der Waals surface area contributed by atoms with Crippen molar-refractivity contribution in [3.63, 3.8) is 0 Å². The number of aliphatic hydroxyl groups is 1. The van der Waals surface area contributed by atoms with Gasteiger partial charge in [-0.1, -0.05) is 17.6 Å². The van der Waals surface area contributed by atoms with Crippen molar-refractivity contribution < 1.29 is 9.90 Å². The van der Waals surface area contributed by atoms with Crippen LogP contribution in [-0.2, 0) is 16.9 Å². The number of nitrogens with zero attached hydrogens (tertiary/aromatic N) is 3. The molecule has 128 valence electrons. The van der Waals surface area contributed by atoms with Crippen LogP contribution in [0.5, 0.6) is 0 Å². The number of hydrogen-bond acceptors (Lipinski definition) is 4. The highest BCUT2D eigenvalue weighted by Crippen LogP contribution is 2.39. The maximum Gasteiger partial charge on any atom is 0.296 e. The number of nitrogens with one attached hydrogen (secondary N) is 1. The van der Waals surface area contributed by atoms with Gasteiger partial charge in [0.15, 0.2) is 0 Å². The smallest absolute Gasteiger partial charge is 0.296 e. The first kappa shape index (κ1) is 15.6. The molecule has 1 amide bonds. The second-order valence-electron chi connectivity index (χ2n) is 7.53. The summed E-state index contributed by atoms with van der Waals surface area (Å²) in [6, 6.07) is 0.158. The summed E-state index contributed by atoms with van der Waals surface area (Å²) in [4.78, 5) is 12.0. The number of aromatic nitrogens is 3. The van der Waals surface area contributed by atoms with Crippen LogP contribution in [0.15, 0.2) is 6.20 Å². The molecule has 3 aliphatic carbocycles. The van der Waals surface area contributed by atoms with Gasteiger partial charge in [-0.25, -0.2) is 0 Å². The van der Waals surface area contributed by atoms with Crippen molar-refractivity contribution in [3.05, 3.63) is 11.9 Å². The molecule has 3 saturated carbocycles. The lowest BCUT2D eigenvalue weighted by Crippen LogP contribution is -2.38. The predicted octanol–water partition coefficient (Wildman–Crippen LogP) is 1.35. The molecule has 0 saturated heterocycles. The van der Waals surface area contributed by atoms with Crippen LogP contribution < -0.4 is 5.32 Å². The average molecular weight is 328 g/mol. The van der Waals surface area contributed by atoms with E-state index in [2.05, 4.69) is 27.5 Å². The van der Waals surface area contributed by atoms with E-state index in [1.54, 1.807) is 0 Å². The molecule has 0 aromatic carbocycles. The Morgan fingerprint density at radius 2 is 2.17 bits per heavy atom. The Morgan fingerprint density at radius 3 is 2.88 bits per heavy atom. The second-order valence-corrected chi connectivity index (χ2v) is 7.53. The van der Waals surface area contributed by atoms with Crippen LogP contribution in [-0.4, -0.2) is 32.0 Å². The van der Waals surface area contributed by atoms with E-state index in [4.69, 9.17) is 0 Å². The van der Waals surface area contributed by atoms with Crippen LogP contribution in [0.4, 0.5) is 0 Å². The molecule has 2 atom stereocenters. The fourth-order valence-corrected chi connectivity index (χ4v) is 3.65. The van der Waals surface area contributed by atoms with E-state index in [1.165, 1.54) is 0 Å². The maximum absolute atomic E-state index is 12.0. The van der Waals surface area contributed by atoms with Gasteiger partial charge in [0, 0.05) is 18.5 Å². The predicted molar refractivity (Wildman–Crippen MR) is 87.5 cm³/mol. The van der Waals surface area contributed by atoms with Crippen LogP contribution in [0.2, 0.25) is 0 Å². The van der Waals surface area contributed by atoms with Gasteiger partial charge in [-0.2, -0.15) is 0 Å². The van der Waals surface area contributed by atoms with Gasteiger partial charge in [0.05, 0.1) is 6.20 Å². The van der Waals surface area contributed by atoms with Gasteiger partial charge in [-0.3, -0.25) is 9.48 Å². The molecule has 24 heavy (non-hydrogen) atoms. The highest BCUT2D eigenvalue weighted by molar-refractivity contribution is 5.93. The molecule has 0 bridgehead atoms. The summed E-state index contributed by atoms with van der Waals surface area (Å²) >= 11 is 0. The van der Waals surface area contributed by atoms with E-state index < -0.39 is 5.60 Å². The molecule has 1 heterocycles. The maximum atomic E-state index is 12.0. The fraction of sp³-hybridized carbons (Fsp3) is 0.722. The van der Waals surface area contributed by atoms with Crippen molar-refractivity contribution in [2.75, 3.05) is 0 Å². The third-order valence-electron chi connectivity index (χ3n) is 5.56. The third kappa shape index (κ3) is 3.32. The van der Waals surface area contributed by atoms with E-state index in [-0.39, 0.29) is 11.9 Å². The van der Waals surface area contributed by atoms with Gasteiger partial charge in [0.1, 0.15) is 11.3 Å². The molecule has 4 rings (SSSR count). The summed E-state index contributed by atoms with van der Waals surface area (Å²) in [6.07, 6.45) is 9.89. The van der Waals surface area contributed by atoms with Crippen LogP contribution in [0.1, 0.15) is 57.1 Å². The Bertz CT molecular complexity index is 679. The minimum atomic E-state index is -0.764. The van der Waals surface area contributed by atoms with Crippen molar-refractivity contribution in [2.45, 2.75) is 69.6 Å². The normalized spacial score (nSPS) is 27.9. The van der Waals surface area contributed by atoms with Gasteiger partial charge in [0.2, 0.25) is 0 Å². The Balaban J connectivity index is 1.35. The Morgan fingerprint density at radius 1 is 1.33 bits per heavy atom. The SMILES string of the molecule is O=C(C#CC1CC1)N[C@H]1CCC[C@H]1Cn1cc(C2(O)CCC2)nn1. The molecule has 0 aliphatic heterocycles. The Hall–Kier alpha value is -1.87. The lowest BCUT2D eigenvalue weighted by Gasteiger charge is -2.34. The number of carbonyl (C=O) groups excluding carboxylic acids is 1. The third-order valence-corrected chi connectivity index (χ3v) is 5.56. The van der Waals surface area contributed by atoms with Crippen molar-refractivity contribution >= 4 is 5.91 Å². The molecule has 0 radical (unpaired) electrons. The quantitative estimate of drug-likeness (QED) is 0.818. The molecule has 1 aromatic heterocycles. The van der Waals surface area contributed by atoms with Crippen LogP contribution >= 0.6 is 0 Å². The zero-order valence-electron chi connectivity index (χ0n) is 13.9. The molecule has 1 aromatic rings. The van der Waals surface area contributed by atoms with E-state index in [9.17, 15) is 9.90 Å². The Labute approximate surface area is 142 Å². The minimum absolute atomic E-state index is 0.151. The Kier molecular flexibility index (Phi) is 4.05. The first-order chi connectivity index (χ1) is 11.6. The molecular weight excluding hydrogens is 304 g/mol.